The molecule has 0 saturated carbocycles. The monoisotopic (exact) mass is 216 g/mol. The Kier molecular flexibility index (Phi) is 7.65. The Labute approximate surface area is 101 Å². The summed E-state index contributed by atoms with van der Waals surface area (Å²) in [7, 11) is 0. The zero-order valence-electron chi connectivity index (χ0n) is 6.38. The molecule has 14 heavy (non-hydrogen) atoms. The van der Waals surface area contributed by atoms with E-state index in [0.717, 1.165) is 0 Å². The van der Waals surface area contributed by atoms with E-state index in [2.05, 4.69) is 0 Å². The quantitative estimate of drug-likeness (QED) is 0.389. The molecule has 0 saturated heterocycles. The van der Waals surface area contributed by atoms with Crippen molar-refractivity contribution >= 4 is 47.5 Å². The van der Waals surface area contributed by atoms with E-state index in [1.165, 1.54) is 0 Å². The molecule has 8 heteroatoms. The third-order valence-electron chi connectivity index (χ3n) is 1.35. The van der Waals surface area contributed by atoms with Gasteiger partial charge in [0.1, 0.15) is 5.92 Å². The van der Waals surface area contributed by atoms with Crippen LogP contribution in [-0.2, 0) is 14.4 Å². The van der Waals surface area contributed by atoms with Gasteiger partial charge in [-0.25, -0.2) is 4.79 Å². The zero-order chi connectivity index (χ0) is 10.6. The molecule has 0 aromatic rings. The van der Waals surface area contributed by atoms with Gasteiger partial charge in [-0.3, -0.25) is 9.59 Å². The van der Waals surface area contributed by atoms with E-state index in [9.17, 15) is 14.4 Å². The number of hydrogen-bond acceptors (Lipinski definition) is 4. The molecule has 0 bridgehead atoms. The van der Waals surface area contributed by atoms with Crippen LogP contribution in [0, 0.1) is 5.92 Å². The van der Waals surface area contributed by atoms with Crippen LogP contribution in [0.2, 0.25) is 0 Å². The molecule has 0 aromatic heterocycles. The average Bonchev–Trinajstić information content (AvgIpc) is 1.97. The normalized spacial score (nSPS) is 13.5. The fourth-order valence-electron chi connectivity index (χ4n) is 0.694. The molecule has 0 radical (unpaired) electrons. The number of rotatable bonds is 5. The second kappa shape index (κ2) is 6.77. The van der Waals surface area contributed by atoms with Crippen LogP contribution in [0.1, 0.15) is 6.42 Å². The van der Waals surface area contributed by atoms with Crippen LogP contribution >= 0.6 is 0 Å². The van der Waals surface area contributed by atoms with Crippen molar-refractivity contribution in [2.24, 2.45) is 5.92 Å². The number of carboxylic acid groups (broad SMARTS) is 3. The van der Waals surface area contributed by atoms with Crippen molar-refractivity contribution in [3.05, 3.63) is 0 Å². The van der Waals surface area contributed by atoms with E-state index < -0.39 is 36.4 Å². The Morgan fingerprint density at radius 1 is 1.00 bits per heavy atom. The molecule has 2 atom stereocenters. The maximum absolute atomic E-state index is 10.3. The summed E-state index contributed by atoms with van der Waals surface area (Å²) >= 11 is 0. The van der Waals surface area contributed by atoms with Crippen LogP contribution in [0.3, 0.4) is 0 Å². The van der Waals surface area contributed by atoms with Gasteiger partial charge >= 0.3 is 47.5 Å². The van der Waals surface area contributed by atoms with Gasteiger partial charge in [-0.05, 0) is 0 Å². The van der Waals surface area contributed by atoms with Crippen molar-refractivity contribution in [2.45, 2.75) is 12.5 Å². The molecule has 0 aliphatic carbocycles. The standard InChI is InChI=1S/C6H8O7.Na.H/c7-3(8)1-2(5(10)11)4(9)6(12)13;;/h2,4,9H,1H2,(H,7,8)(H,10,11)(H,12,13);;. The van der Waals surface area contributed by atoms with Gasteiger partial charge < -0.3 is 20.4 Å². The topological polar surface area (TPSA) is 132 Å². The van der Waals surface area contributed by atoms with Gasteiger partial charge in [0, 0.05) is 0 Å². The Morgan fingerprint density at radius 2 is 1.43 bits per heavy atom. The predicted octanol–water partition coefficient (Wildman–Crippen LogP) is -2.04. The molecular weight excluding hydrogens is 207 g/mol. The van der Waals surface area contributed by atoms with Crippen LogP contribution in [0.5, 0.6) is 0 Å². The van der Waals surface area contributed by atoms with Crippen molar-refractivity contribution in [1.82, 2.24) is 0 Å². The molecule has 0 rings (SSSR count). The molecule has 0 heterocycles. The third-order valence-corrected chi connectivity index (χ3v) is 1.35. The molecule has 0 aromatic carbocycles. The number of aliphatic carboxylic acids is 3. The summed E-state index contributed by atoms with van der Waals surface area (Å²) in [6, 6.07) is 0. The van der Waals surface area contributed by atoms with E-state index in [1.807, 2.05) is 0 Å². The number of carbonyl (C=O) groups is 3. The van der Waals surface area contributed by atoms with Crippen molar-refractivity contribution in [3.63, 3.8) is 0 Å². The first kappa shape index (κ1) is 15.8. The van der Waals surface area contributed by atoms with E-state index in [-0.39, 0.29) is 29.6 Å². The van der Waals surface area contributed by atoms with Crippen molar-refractivity contribution in [3.8, 4) is 0 Å². The van der Waals surface area contributed by atoms with Gasteiger partial charge in [-0.2, -0.15) is 0 Å². The Hall–Kier alpha value is -0.630. The molecule has 0 aliphatic rings. The minimum absolute atomic E-state index is 0. The van der Waals surface area contributed by atoms with Crippen LogP contribution in [0.25, 0.3) is 0 Å². The van der Waals surface area contributed by atoms with Crippen LogP contribution in [-0.4, -0.2) is 74.0 Å². The Balaban J connectivity index is 0. The van der Waals surface area contributed by atoms with Gasteiger partial charge in [0.2, 0.25) is 0 Å². The maximum atomic E-state index is 10.3. The fourth-order valence-corrected chi connectivity index (χ4v) is 0.694. The Bertz CT molecular complexity index is 238. The number of carboxylic acids is 3. The molecular formula is C6H9NaO7. The van der Waals surface area contributed by atoms with Crippen molar-refractivity contribution in [1.29, 1.82) is 0 Å². The van der Waals surface area contributed by atoms with E-state index in [0.29, 0.717) is 0 Å². The molecule has 0 amide bonds. The number of aliphatic hydroxyl groups is 1. The minimum atomic E-state index is -2.20. The van der Waals surface area contributed by atoms with Gasteiger partial charge in [0.15, 0.2) is 6.10 Å². The van der Waals surface area contributed by atoms with E-state index in [1.54, 1.807) is 0 Å². The van der Waals surface area contributed by atoms with Crippen LogP contribution in [0.15, 0.2) is 0 Å². The molecule has 7 nitrogen and oxygen atoms in total. The number of aliphatic hydroxyl groups excluding tert-OH is 1. The Morgan fingerprint density at radius 3 is 1.64 bits per heavy atom. The molecule has 0 fully saturated rings. The van der Waals surface area contributed by atoms with Gasteiger partial charge in [-0.15, -0.1) is 0 Å². The van der Waals surface area contributed by atoms with Crippen LogP contribution < -0.4 is 0 Å². The first-order valence-electron chi connectivity index (χ1n) is 3.21. The summed E-state index contributed by atoms with van der Waals surface area (Å²) in [6.45, 7) is 0. The van der Waals surface area contributed by atoms with E-state index >= 15 is 0 Å². The zero-order valence-corrected chi connectivity index (χ0v) is 6.38. The summed E-state index contributed by atoms with van der Waals surface area (Å²) in [6.07, 6.45) is -3.13. The first-order valence-corrected chi connectivity index (χ1v) is 3.21. The molecule has 76 valence electrons. The summed E-state index contributed by atoms with van der Waals surface area (Å²) in [5.41, 5.74) is 0. The summed E-state index contributed by atoms with van der Waals surface area (Å²) in [5.74, 6) is -6.71. The SMILES string of the molecule is O=C(O)CC(C(=O)O)C(O)C(=O)O.[NaH]. The average molecular weight is 216 g/mol. The summed E-state index contributed by atoms with van der Waals surface area (Å²) in [5, 5.41) is 33.5. The predicted molar refractivity (Wildman–Crippen MR) is 44.2 cm³/mol. The van der Waals surface area contributed by atoms with Gasteiger partial charge in [-0.1, -0.05) is 0 Å². The second-order valence-electron chi connectivity index (χ2n) is 2.33. The third kappa shape index (κ3) is 5.18. The summed E-state index contributed by atoms with van der Waals surface area (Å²) < 4.78 is 0. The van der Waals surface area contributed by atoms with Gasteiger partial charge in [0.25, 0.3) is 0 Å². The van der Waals surface area contributed by atoms with E-state index in [4.69, 9.17) is 20.4 Å². The molecule has 4 N–H and O–H groups in total. The molecule has 2 unspecified atom stereocenters. The molecule has 0 aliphatic heterocycles. The first-order chi connectivity index (χ1) is 5.86. The summed E-state index contributed by atoms with van der Waals surface area (Å²) in [4.78, 5) is 30.5. The fraction of sp³-hybridized carbons (Fsp3) is 0.500. The number of hydrogen-bond donors (Lipinski definition) is 4. The van der Waals surface area contributed by atoms with Crippen molar-refractivity contribution in [2.75, 3.05) is 0 Å². The second-order valence-corrected chi connectivity index (χ2v) is 2.33. The van der Waals surface area contributed by atoms with Crippen LogP contribution in [0.4, 0.5) is 0 Å². The van der Waals surface area contributed by atoms with Gasteiger partial charge in [0.05, 0.1) is 6.42 Å². The van der Waals surface area contributed by atoms with Crippen molar-refractivity contribution < 1.29 is 34.8 Å². The molecule has 0 spiro atoms.